The number of rotatable bonds is 7. The van der Waals surface area contributed by atoms with E-state index >= 15 is 0 Å². The summed E-state index contributed by atoms with van der Waals surface area (Å²) in [6.45, 7) is 2.38. The predicted molar refractivity (Wildman–Crippen MR) is 85.5 cm³/mol. The molecule has 0 aliphatic rings. The van der Waals surface area contributed by atoms with Gasteiger partial charge in [-0.05, 0) is 25.1 Å². The van der Waals surface area contributed by atoms with E-state index in [2.05, 4.69) is 4.74 Å². The summed E-state index contributed by atoms with van der Waals surface area (Å²) in [5.41, 5.74) is -3.73. The van der Waals surface area contributed by atoms with Gasteiger partial charge in [0.1, 0.15) is 5.75 Å². The molecule has 10 heteroatoms. The molecule has 0 unspecified atom stereocenters. The molecule has 0 saturated heterocycles. The van der Waals surface area contributed by atoms with Gasteiger partial charge >= 0.3 is 17.8 Å². The van der Waals surface area contributed by atoms with Crippen LogP contribution in [-0.4, -0.2) is 37.4 Å². The summed E-state index contributed by atoms with van der Waals surface area (Å²) in [5.74, 6) is -2.71. The summed E-state index contributed by atoms with van der Waals surface area (Å²) < 4.78 is 51.0. The number of methoxy groups -OCH3 is 1. The van der Waals surface area contributed by atoms with Crippen LogP contribution in [0.15, 0.2) is 18.2 Å². The van der Waals surface area contributed by atoms with Gasteiger partial charge in [-0.1, -0.05) is 18.5 Å². The highest BCUT2D eigenvalue weighted by atomic mass is 35.5. The van der Waals surface area contributed by atoms with Crippen molar-refractivity contribution in [1.29, 1.82) is 0 Å². The summed E-state index contributed by atoms with van der Waals surface area (Å²) in [6, 6.07) is 3.85. The lowest BCUT2D eigenvalue weighted by Crippen LogP contribution is -2.69. The molecule has 0 radical (unpaired) electrons. The molecule has 25 heavy (non-hydrogen) atoms. The fraction of sp³-hybridized carbons (Fsp3) is 0.467. The molecule has 0 aliphatic carbocycles. The quantitative estimate of drug-likeness (QED) is 0.559. The Hall–Kier alpha value is -2.16. The van der Waals surface area contributed by atoms with Gasteiger partial charge in [-0.3, -0.25) is 4.79 Å². The Morgan fingerprint density at radius 1 is 1.24 bits per heavy atom. The summed E-state index contributed by atoms with van der Waals surface area (Å²) in [5, 5.41) is 3.78. The van der Waals surface area contributed by atoms with Crippen molar-refractivity contribution < 1.29 is 32.2 Å². The van der Waals surface area contributed by atoms with Crippen molar-refractivity contribution in [2.45, 2.75) is 32.1 Å². The Morgan fingerprint density at radius 3 is 2.36 bits per heavy atom. The third-order valence-corrected chi connectivity index (χ3v) is 3.37. The van der Waals surface area contributed by atoms with Gasteiger partial charge < -0.3 is 20.1 Å². The zero-order valence-corrected chi connectivity index (χ0v) is 14.5. The van der Waals surface area contributed by atoms with Gasteiger partial charge in [0.25, 0.3) is 0 Å². The number of carbonyl (C=O) groups is 2. The van der Waals surface area contributed by atoms with Crippen LogP contribution in [0.25, 0.3) is 0 Å². The van der Waals surface area contributed by atoms with E-state index in [0.29, 0.717) is 0 Å². The first-order valence-electron chi connectivity index (χ1n) is 7.28. The standard InChI is InChI=1S/C15H18ClF3N2O4/c1-4-12(22)21-14(15(17,18)19,13(23)25-5-2)20-10-8-9(16)6-7-11(10)24-3/h6-8,20H,4-5H2,1-3H3,(H,21,22)/t14-/m0/s1. The van der Waals surface area contributed by atoms with E-state index in [4.69, 9.17) is 16.3 Å². The number of alkyl halides is 3. The number of benzene rings is 1. The minimum absolute atomic E-state index is 0.00642. The molecule has 1 atom stereocenters. The van der Waals surface area contributed by atoms with E-state index in [-0.39, 0.29) is 29.5 Å². The smallest absolute Gasteiger partial charge is 0.441 e. The molecule has 0 aromatic heterocycles. The summed E-state index contributed by atoms with van der Waals surface area (Å²) in [4.78, 5) is 23.8. The molecule has 2 N–H and O–H groups in total. The fourth-order valence-electron chi connectivity index (χ4n) is 1.91. The minimum Gasteiger partial charge on any atom is -0.495 e. The maximum Gasteiger partial charge on any atom is 0.441 e. The Labute approximate surface area is 147 Å². The monoisotopic (exact) mass is 382 g/mol. The van der Waals surface area contributed by atoms with Crippen LogP contribution in [0.2, 0.25) is 5.02 Å². The minimum atomic E-state index is -5.21. The Kier molecular flexibility index (Phi) is 6.92. The SMILES string of the molecule is CCOC(=O)[C@@](NC(=O)CC)(Nc1cc(Cl)ccc1OC)C(F)(F)F. The number of esters is 1. The van der Waals surface area contributed by atoms with Gasteiger partial charge in [0.2, 0.25) is 5.91 Å². The van der Waals surface area contributed by atoms with Gasteiger partial charge in [0, 0.05) is 11.4 Å². The fourth-order valence-corrected chi connectivity index (χ4v) is 2.08. The summed E-state index contributed by atoms with van der Waals surface area (Å²) >= 11 is 5.81. The van der Waals surface area contributed by atoms with Crippen molar-refractivity contribution in [2.75, 3.05) is 19.0 Å². The second-order valence-electron chi connectivity index (χ2n) is 4.84. The first kappa shape index (κ1) is 20.9. The topological polar surface area (TPSA) is 76.7 Å². The first-order chi connectivity index (χ1) is 11.6. The van der Waals surface area contributed by atoms with Crippen LogP contribution < -0.4 is 15.4 Å². The molecular weight excluding hydrogens is 365 g/mol. The highest BCUT2D eigenvalue weighted by Crippen LogP contribution is 2.37. The maximum atomic E-state index is 13.8. The molecule has 1 amide bonds. The lowest BCUT2D eigenvalue weighted by atomic mass is 10.1. The molecule has 1 aromatic rings. The van der Waals surface area contributed by atoms with E-state index in [1.807, 2.05) is 5.32 Å². The zero-order chi connectivity index (χ0) is 19.3. The molecule has 140 valence electrons. The highest BCUT2D eigenvalue weighted by molar-refractivity contribution is 6.31. The molecule has 0 spiro atoms. The van der Waals surface area contributed by atoms with Crippen LogP contribution >= 0.6 is 11.6 Å². The van der Waals surface area contributed by atoms with E-state index < -0.39 is 23.7 Å². The normalized spacial score (nSPS) is 13.6. The number of hydrogen-bond acceptors (Lipinski definition) is 5. The Balaban J connectivity index is 3.50. The number of amides is 1. The number of carbonyl (C=O) groups excluding carboxylic acids is 2. The number of hydrogen-bond donors (Lipinski definition) is 2. The summed E-state index contributed by atoms with van der Waals surface area (Å²) in [7, 11) is 1.23. The molecule has 1 aromatic carbocycles. The van der Waals surface area contributed by atoms with Gasteiger partial charge in [-0.15, -0.1) is 0 Å². The Morgan fingerprint density at radius 2 is 1.88 bits per heavy atom. The maximum absolute atomic E-state index is 13.8. The van der Waals surface area contributed by atoms with Gasteiger partial charge in [0.15, 0.2) is 0 Å². The highest BCUT2D eigenvalue weighted by Gasteiger charge is 2.63. The van der Waals surface area contributed by atoms with Crippen LogP contribution in [0.4, 0.5) is 18.9 Å². The van der Waals surface area contributed by atoms with E-state index in [0.717, 1.165) is 6.07 Å². The number of anilines is 1. The first-order valence-corrected chi connectivity index (χ1v) is 7.65. The van der Waals surface area contributed by atoms with Crippen molar-refractivity contribution in [2.24, 2.45) is 0 Å². The molecule has 0 saturated carbocycles. The molecule has 0 fully saturated rings. The van der Waals surface area contributed by atoms with Crippen molar-refractivity contribution in [3.05, 3.63) is 23.2 Å². The third kappa shape index (κ3) is 4.68. The molecular formula is C15H18ClF3N2O4. The van der Waals surface area contributed by atoms with Gasteiger partial charge in [-0.25, -0.2) is 4.79 Å². The van der Waals surface area contributed by atoms with E-state index in [9.17, 15) is 22.8 Å². The molecule has 0 bridgehead atoms. The van der Waals surface area contributed by atoms with E-state index in [1.54, 1.807) is 5.32 Å². The van der Waals surface area contributed by atoms with Crippen molar-refractivity contribution in [1.82, 2.24) is 5.32 Å². The van der Waals surface area contributed by atoms with Crippen molar-refractivity contribution >= 4 is 29.2 Å². The second kappa shape index (κ2) is 8.28. The zero-order valence-electron chi connectivity index (χ0n) is 13.8. The van der Waals surface area contributed by atoms with Crippen molar-refractivity contribution in [3.8, 4) is 5.75 Å². The molecule has 6 nitrogen and oxygen atoms in total. The summed E-state index contributed by atoms with van der Waals surface area (Å²) in [6.07, 6.45) is -5.48. The van der Waals surface area contributed by atoms with Gasteiger partial charge in [-0.2, -0.15) is 13.2 Å². The number of nitrogens with one attached hydrogen (secondary N) is 2. The van der Waals surface area contributed by atoms with E-state index in [1.165, 1.54) is 33.1 Å². The average Bonchev–Trinajstić information content (AvgIpc) is 2.53. The van der Waals surface area contributed by atoms with Crippen LogP contribution in [0, 0.1) is 0 Å². The van der Waals surface area contributed by atoms with Crippen LogP contribution in [0.5, 0.6) is 5.75 Å². The lowest BCUT2D eigenvalue weighted by molar-refractivity contribution is -0.207. The van der Waals surface area contributed by atoms with Crippen LogP contribution in [0.1, 0.15) is 20.3 Å². The Bertz CT molecular complexity index is 640. The average molecular weight is 383 g/mol. The number of halogens is 4. The van der Waals surface area contributed by atoms with Crippen LogP contribution in [0.3, 0.4) is 0 Å². The van der Waals surface area contributed by atoms with Gasteiger partial charge in [0.05, 0.1) is 19.4 Å². The molecule has 1 rings (SSSR count). The van der Waals surface area contributed by atoms with Crippen molar-refractivity contribution in [3.63, 3.8) is 0 Å². The second-order valence-corrected chi connectivity index (χ2v) is 5.28. The lowest BCUT2D eigenvalue weighted by Gasteiger charge is -2.35. The predicted octanol–water partition coefficient (Wildman–Crippen LogP) is 3.11. The largest absolute Gasteiger partial charge is 0.495 e. The van der Waals surface area contributed by atoms with Crippen LogP contribution in [-0.2, 0) is 14.3 Å². The number of ether oxygens (including phenoxy) is 2. The third-order valence-electron chi connectivity index (χ3n) is 3.14. The molecule has 0 heterocycles. The molecule has 0 aliphatic heterocycles.